The molecule has 3 rings (SSSR count). The van der Waals surface area contributed by atoms with Crippen molar-refractivity contribution in [3.05, 3.63) is 72.4 Å². The number of rotatable bonds is 3. The van der Waals surface area contributed by atoms with Crippen molar-refractivity contribution in [2.24, 2.45) is 4.99 Å². The number of aromatic nitrogens is 2. The van der Waals surface area contributed by atoms with E-state index in [9.17, 15) is 0 Å². The summed E-state index contributed by atoms with van der Waals surface area (Å²) in [6.45, 7) is 0. The summed E-state index contributed by atoms with van der Waals surface area (Å²) in [5, 5.41) is 4.69. The molecule has 98 valence electrons. The van der Waals surface area contributed by atoms with E-state index in [2.05, 4.69) is 17.1 Å². The molecule has 1 heterocycles. The van der Waals surface area contributed by atoms with E-state index in [1.807, 2.05) is 65.6 Å². The van der Waals surface area contributed by atoms with Crippen LogP contribution in [0.2, 0.25) is 0 Å². The van der Waals surface area contributed by atoms with E-state index in [0.717, 1.165) is 22.5 Å². The predicted molar refractivity (Wildman–Crippen MR) is 82.5 cm³/mol. The van der Waals surface area contributed by atoms with Crippen molar-refractivity contribution < 1.29 is 0 Å². The number of nitrogens with zero attached hydrogens (tertiary/aromatic N) is 3. The van der Waals surface area contributed by atoms with Gasteiger partial charge in [-0.15, -0.1) is 0 Å². The molecule has 2 aromatic carbocycles. The van der Waals surface area contributed by atoms with Crippen LogP contribution in [0.3, 0.4) is 0 Å². The van der Waals surface area contributed by atoms with Crippen LogP contribution in [0.25, 0.3) is 16.9 Å². The van der Waals surface area contributed by atoms with Crippen LogP contribution in [0.1, 0.15) is 5.56 Å². The molecule has 3 aromatic rings. The summed E-state index contributed by atoms with van der Waals surface area (Å²) < 4.78 is 1.89. The average molecular weight is 261 g/mol. The molecule has 0 bridgehead atoms. The van der Waals surface area contributed by atoms with Gasteiger partial charge in [-0.3, -0.25) is 4.99 Å². The van der Waals surface area contributed by atoms with Gasteiger partial charge in [0.25, 0.3) is 0 Å². The fourth-order valence-electron chi connectivity index (χ4n) is 2.15. The highest BCUT2D eigenvalue weighted by atomic mass is 15.3. The van der Waals surface area contributed by atoms with E-state index < -0.39 is 0 Å². The van der Waals surface area contributed by atoms with E-state index in [1.165, 1.54) is 0 Å². The number of para-hydroxylation sites is 1. The summed E-state index contributed by atoms with van der Waals surface area (Å²) in [6, 6.07) is 20.2. The molecule has 0 radical (unpaired) electrons. The largest absolute Gasteiger partial charge is 0.296 e. The SMILES string of the molecule is CN=Cc1cn(-c2ccccc2)nc1-c1ccccc1. The number of hydrogen-bond donors (Lipinski definition) is 0. The van der Waals surface area contributed by atoms with Crippen molar-refractivity contribution in [2.45, 2.75) is 0 Å². The second kappa shape index (κ2) is 5.53. The standard InChI is InChI=1S/C17H15N3/c1-18-12-15-13-20(16-10-6-3-7-11-16)19-17(15)14-8-4-2-5-9-14/h2-13H,1H3. The van der Waals surface area contributed by atoms with E-state index in [-0.39, 0.29) is 0 Å². The lowest BCUT2D eigenvalue weighted by Crippen LogP contribution is -1.93. The average Bonchev–Trinajstić information content (AvgIpc) is 2.94. The Morgan fingerprint density at radius 3 is 2.25 bits per heavy atom. The van der Waals surface area contributed by atoms with Gasteiger partial charge >= 0.3 is 0 Å². The van der Waals surface area contributed by atoms with Crippen LogP contribution in [-0.4, -0.2) is 23.0 Å². The lowest BCUT2D eigenvalue weighted by molar-refractivity contribution is 0.884. The maximum absolute atomic E-state index is 4.69. The Labute approximate surface area is 118 Å². The molecule has 1 aromatic heterocycles. The van der Waals surface area contributed by atoms with Crippen molar-refractivity contribution in [1.29, 1.82) is 0 Å². The second-order valence-corrected chi connectivity index (χ2v) is 4.47. The first-order chi connectivity index (χ1) is 9.88. The van der Waals surface area contributed by atoms with E-state index in [1.54, 1.807) is 7.05 Å². The maximum atomic E-state index is 4.69. The summed E-state index contributed by atoms with van der Waals surface area (Å²) in [5.41, 5.74) is 4.10. The third-order valence-electron chi connectivity index (χ3n) is 3.08. The van der Waals surface area contributed by atoms with Gasteiger partial charge in [-0.05, 0) is 12.1 Å². The second-order valence-electron chi connectivity index (χ2n) is 4.47. The Morgan fingerprint density at radius 1 is 0.950 bits per heavy atom. The molecule has 0 atom stereocenters. The van der Waals surface area contributed by atoms with E-state index in [4.69, 9.17) is 5.10 Å². The van der Waals surface area contributed by atoms with Crippen LogP contribution in [0.4, 0.5) is 0 Å². The van der Waals surface area contributed by atoms with Crippen LogP contribution in [0.15, 0.2) is 71.9 Å². The van der Waals surface area contributed by atoms with Gasteiger partial charge in [-0.25, -0.2) is 4.68 Å². The van der Waals surface area contributed by atoms with Crippen molar-refractivity contribution in [1.82, 2.24) is 9.78 Å². The van der Waals surface area contributed by atoms with Crippen molar-refractivity contribution in [3.8, 4) is 16.9 Å². The van der Waals surface area contributed by atoms with Crippen LogP contribution < -0.4 is 0 Å². The molecule has 3 nitrogen and oxygen atoms in total. The Balaban J connectivity index is 2.13. The normalized spacial score (nSPS) is 11.1. The van der Waals surface area contributed by atoms with Gasteiger partial charge in [0.2, 0.25) is 0 Å². The number of hydrogen-bond acceptors (Lipinski definition) is 2. The molecule has 0 aliphatic rings. The smallest absolute Gasteiger partial charge is 0.101 e. The molecule has 3 heteroatoms. The Kier molecular flexibility index (Phi) is 3.42. The van der Waals surface area contributed by atoms with Gasteiger partial charge in [0.05, 0.1) is 5.69 Å². The quantitative estimate of drug-likeness (QED) is 0.663. The minimum absolute atomic E-state index is 0.944. The number of aliphatic imine (C=N–C) groups is 1. The van der Waals surface area contributed by atoms with Crippen molar-refractivity contribution >= 4 is 6.21 Å². The molecule has 0 amide bonds. The molecule has 0 saturated heterocycles. The first-order valence-corrected chi connectivity index (χ1v) is 6.51. The molecule has 0 saturated carbocycles. The lowest BCUT2D eigenvalue weighted by atomic mass is 10.1. The summed E-state index contributed by atoms with van der Waals surface area (Å²) in [6.07, 6.45) is 3.85. The summed E-state index contributed by atoms with van der Waals surface area (Å²) in [7, 11) is 1.77. The zero-order chi connectivity index (χ0) is 13.8. The van der Waals surface area contributed by atoms with Gasteiger partial charge < -0.3 is 0 Å². The zero-order valence-electron chi connectivity index (χ0n) is 11.3. The topological polar surface area (TPSA) is 30.2 Å². The molecule has 0 aliphatic carbocycles. The third kappa shape index (κ3) is 2.38. The van der Waals surface area contributed by atoms with Gasteiger partial charge in [0.1, 0.15) is 5.69 Å². The lowest BCUT2D eigenvalue weighted by Gasteiger charge is -2.00. The molecular formula is C17H15N3. The monoisotopic (exact) mass is 261 g/mol. The Morgan fingerprint density at radius 2 is 1.60 bits per heavy atom. The van der Waals surface area contributed by atoms with E-state index in [0.29, 0.717) is 0 Å². The molecule has 0 N–H and O–H groups in total. The van der Waals surface area contributed by atoms with Crippen molar-refractivity contribution in [2.75, 3.05) is 7.05 Å². The van der Waals surface area contributed by atoms with Gasteiger partial charge in [0, 0.05) is 30.6 Å². The first-order valence-electron chi connectivity index (χ1n) is 6.51. The number of benzene rings is 2. The Bertz CT molecular complexity index is 713. The highest BCUT2D eigenvalue weighted by molar-refractivity contribution is 5.88. The third-order valence-corrected chi connectivity index (χ3v) is 3.08. The highest BCUT2D eigenvalue weighted by Crippen LogP contribution is 2.22. The van der Waals surface area contributed by atoms with Crippen molar-refractivity contribution in [3.63, 3.8) is 0 Å². The maximum Gasteiger partial charge on any atom is 0.101 e. The van der Waals surface area contributed by atoms with Crippen LogP contribution in [0.5, 0.6) is 0 Å². The highest BCUT2D eigenvalue weighted by Gasteiger charge is 2.10. The molecule has 0 aliphatic heterocycles. The summed E-state index contributed by atoms with van der Waals surface area (Å²) >= 11 is 0. The van der Waals surface area contributed by atoms with Gasteiger partial charge in [0.15, 0.2) is 0 Å². The fraction of sp³-hybridized carbons (Fsp3) is 0.0588. The molecular weight excluding hydrogens is 246 g/mol. The van der Waals surface area contributed by atoms with Crippen LogP contribution >= 0.6 is 0 Å². The minimum Gasteiger partial charge on any atom is -0.296 e. The molecule has 20 heavy (non-hydrogen) atoms. The Hall–Kier alpha value is -2.68. The first kappa shape index (κ1) is 12.4. The fourth-order valence-corrected chi connectivity index (χ4v) is 2.15. The minimum atomic E-state index is 0.944. The van der Waals surface area contributed by atoms with Crippen LogP contribution in [0, 0.1) is 0 Å². The molecule has 0 spiro atoms. The van der Waals surface area contributed by atoms with Gasteiger partial charge in [-0.1, -0.05) is 48.5 Å². The zero-order valence-corrected chi connectivity index (χ0v) is 11.3. The predicted octanol–water partition coefficient (Wildman–Crippen LogP) is 3.59. The molecule has 0 fully saturated rings. The van der Waals surface area contributed by atoms with Gasteiger partial charge in [-0.2, -0.15) is 5.10 Å². The van der Waals surface area contributed by atoms with E-state index >= 15 is 0 Å². The summed E-state index contributed by atoms with van der Waals surface area (Å²) in [4.78, 5) is 4.12. The van der Waals surface area contributed by atoms with Crippen LogP contribution in [-0.2, 0) is 0 Å². The summed E-state index contributed by atoms with van der Waals surface area (Å²) in [5.74, 6) is 0. The molecule has 0 unspecified atom stereocenters.